The Morgan fingerprint density at radius 3 is 2.37 bits per heavy atom. The fourth-order valence-corrected chi connectivity index (χ4v) is 2.19. The monoisotopic (exact) mass is 260 g/mol. The van der Waals surface area contributed by atoms with Gasteiger partial charge in [0.2, 0.25) is 0 Å². The van der Waals surface area contributed by atoms with E-state index in [1.54, 1.807) is 0 Å². The van der Waals surface area contributed by atoms with E-state index in [0.29, 0.717) is 6.04 Å². The Morgan fingerprint density at radius 1 is 1.05 bits per heavy atom. The van der Waals surface area contributed by atoms with Gasteiger partial charge < -0.3 is 10.6 Å². The number of hydrogen-bond acceptors (Lipinski definition) is 2. The van der Waals surface area contributed by atoms with Crippen molar-refractivity contribution in [2.24, 2.45) is 0 Å². The zero-order chi connectivity index (χ0) is 13.5. The van der Waals surface area contributed by atoms with Crippen molar-refractivity contribution in [2.45, 2.75) is 64.6 Å². The Kier molecular flexibility index (Phi) is 5.87. The number of benzene rings is 1. The maximum Gasteiger partial charge on any atom is 0.0207 e. The number of aryl methyl sites for hydroxylation is 1. The van der Waals surface area contributed by atoms with Crippen LogP contribution in [0.25, 0.3) is 0 Å². The predicted molar refractivity (Wildman–Crippen MR) is 82.4 cm³/mol. The second-order valence-electron chi connectivity index (χ2n) is 6.04. The highest BCUT2D eigenvalue weighted by Crippen LogP contribution is 2.18. The Labute approximate surface area is 118 Å². The SMILES string of the molecule is CC(C)NCc1ccc(CCCCNC2CC2)cc1. The number of hydrogen-bond donors (Lipinski definition) is 2. The molecule has 0 radical (unpaired) electrons. The topological polar surface area (TPSA) is 24.1 Å². The Balaban J connectivity index is 1.60. The Hall–Kier alpha value is -0.860. The number of rotatable bonds is 9. The number of nitrogens with one attached hydrogen (secondary N) is 2. The van der Waals surface area contributed by atoms with Crippen molar-refractivity contribution < 1.29 is 0 Å². The third-order valence-corrected chi connectivity index (χ3v) is 3.64. The van der Waals surface area contributed by atoms with Crippen LogP contribution in [-0.4, -0.2) is 18.6 Å². The highest BCUT2D eigenvalue weighted by molar-refractivity contribution is 5.22. The highest BCUT2D eigenvalue weighted by Gasteiger charge is 2.19. The van der Waals surface area contributed by atoms with Crippen molar-refractivity contribution in [3.05, 3.63) is 35.4 Å². The molecule has 0 heterocycles. The molecular weight excluding hydrogens is 232 g/mol. The first kappa shape index (κ1) is 14.5. The molecular formula is C17H28N2. The predicted octanol–water partition coefficient (Wildman–Crippen LogP) is 3.26. The lowest BCUT2D eigenvalue weighted by Gasteiger charge is -2.09. The van der Waals surface area contributed by atoms with E-state index in [9.17, 15) is 0 Å². The van der Waals surface area contributed by atoms with Gasteiger partial charge in [-0.1, -0.05) is 38.1 Å². The van der Waals surface area contributed by atoms with Gasteiger partial charge in [-0.05, 0) is 49.8 Å². The fourth-order valence-electron chi connectivity index (χ4n) is 2.19. The zero-order valence-electron chi connectivity index (χ0n) is 12.4. The molecule has 0 unspecified atom stereocenters. The van der Waals surface area contributed by atoms with Crippen LogP contribution in [0.15, 0.2) is 24.3 Å². The third kappa shape index (κ3) is 6.22. The molecule has 1 saturated carbocycles. The lowest BCUT2D eigenvalue weighted by molar-refractivity contribution is 0.588. The van der Waals surface area contributed by atoms with Gasteiger partial charge in [0.05, 0.1) is 0 Å². The first-order valence-corrected chi connectivity index (χ1v) is 7.78. The molecule has 0 atom stereocenters. The standard InChI is InChI=1S/C17H28N2/c1-14(2)19-13-16-8-6-15(7-9-16)5-3-4-12-18-17-10-11-17/h6-9,14,17-19H,3-5,10-13H2,1-2H3. The van der Waals surface area contributed by atoms with Gasteiger partial charge in [0.15, 0.2) is 0 Å². The largest absolute Gasteiger partial charge is 0.314 e. The van der Waals surface area contributed by atoms with Gasteiger partial charge in [-0.25, -0.2) is 0 Å². The highest BCUT2D eigenvalue weighted by atomic mass is 14.9. The molecule has 106 valence electrons. The van der Waals surface area contributed by atoms with Gasteiger partial charge in [0.1, 0.15) is 0 Å². The summed E-state index contributed by atoms with van der Waals surface area (Å²) in [6.07, 6.45) is 6.60. The van der Waals surface area contributed by atoms with E-state index in [0.717, 1.165) is 12.6 Å². The molecule has 1 aliphatic carbocycles. The maximum absolute atomic E-state index is 3.57. The maximum atomic E-state index is 3.57. The molecule has 1 aromatic rings. The van der Waals surface area contributed by atoms with Crippen LogP contribution >= 0.6 is 0 Å². The fraction of sp³-hybridized carbons (Fsp3) is 0.647. The minimum absolute atomic E-state index is 0.554. The van der Waals surface area contributed by atoms with Crippen LogP contribution in [0.4, 0.5) is 0 Å². The second-order valence-corrected chi connectivity index (χ2v) is 6.04. The van der Waals surface area contributed by atoms with E-state index in [1.807, 2.05) is 0 Å². The second kappa shape index (κ2) is 7.66. The molecule has 2 nitrogen and oxygen atoms in total. The van der Waals surface area contributed by atoms with E-state index < -0.39 is 0 Å². The Morgan fingerprint density at radius 2 is 1.74 bits per heavy atom. The number of unbranched alkanes of at least 4 members (excludes halogenated alkanes) is 1. The summed E-state index contributed by atoms with van der Waals surface area (Å²) in [6.45, 7) is 6.54. The van der Waals surface area contributed by atoms with Crippen molar-refractivity contribution in [2.75, 3.05) is 6.54 Å². The molecule has 19 heavy (non-hydrogen) atoms. The van der Waals surface area contributed by atoms with Gasteiger partial charge in [-0.3, -0.25) is 0 Å². The van der Waals surface area contributed by atoms with Crippen LogP contribution in [0.1, 0.15) is 50.7 Å². The van der Waals surface area contributed by atoms with Crippen LogP contribution < -0.4 is 10.6 Å². The first-order valence-electron chi connectivity index (χ1n) is 7.78. The van der Waals surface area contributed by atoms with E-state index in [4.69, 9.17) is 0 Å². The van der Waals surface area contributed by atoms with Crippen molar-refractivity contribution in [1.82, 2.24) is 10.6 Å². The summed E-state index contributed by atoms with van der Waals surface area (Å²) in [7, 11) is 0. The van der Waals surface area contributed by atoms with Gasteiger partial charge in [-0.15, -0.1) is 0 Å². The summed E-state index contributed by atoms with van der Waals surface area (Å²) in [4.78, 5) is 0. The zero-order valence-corrected chi connectivity index (χ0v) is 12.4. The third-order valence-electron chi connectivity index (χ3n) is 3.64. The van der Waals surface area contributed by atoms with Crippen molar-refractivity contribution in [3.8, 4) is 0 Å². The molecule has 2 heteroatoms. The molecule has 0 bridgehead atoms. The smallest absolute Gasteiger partial charge is 0.0207 e. The Bertz CT molecular complexity index is 352. The van der Waals surface area contributed by atoms with Crippen LogP contribution in [-0.2, 0) is 13.0 Å². The van der Waals surface area contributed by atoms with Gasteiger partial charge >= 0.3 is 0 Å². The summed E-state index contributed by atoms with van der Waals surface area (Å²) < 4.78 is 0. The molecule has 1 aromatic carbocycles. The first-order chi connectivity index (χ1) is 9.24. The molecule has 2 rings (SSSR count). The molecule has 1 fully saturated rings. The van der Waals surface area contributed by atoms with Gasteiger partial charge in [0.25, 0.3) is 0 Å². The molecule has 0 spiro atoms. The summed E-state index contributed by atoms with van der Waals surface area (Å²) >= 11 is 0. The quantitative estimate of drug-likeness (QED) is 0.666. The van der Waals surface area contributed by atoms with E-state index in [2.05, 4.69) is 48.7 Å². The van der Waals surface area contributed by atoms with Crippen molar-refractivity contribution >= 4 is 0 Å². The van der Waals surface area contributed by atoms with Crippen LogP contribution in [0, 0.1) is 0 Å². The average molecular weight is 260 g/mol. The average Bonchev–Trinajstić information content (AvgIpc) is 3.21. The lowest BCUT2D eigenvalue weighted by atomic mass is 10.1. The molecule has 0 aliphatic heterocycles. The van der Waals surface area contributed by atoms with Crippen molar-refractivity contribution in [1.29, 1.82) is 0 Å². The minimum atomic E-state index is 0.554. The molecule has 0 aromatic heterocycles. The molecule has 0 amide bonds. The molecule has 0 saturated heterocycles. The van der Waals surface area contributed by atoms with Gasteiger partial charge in [0, 0.05) is 18.6 Å². The molecule has 1 aliphatic rings. The molecule has 2 N–H and O–H groups in total. The van der Waals surface area contributed by atoms with E-state index in [1.165, 1.54) is 49.8 Å². The summed E-state index contributed by atoms with van der Waals surface area (Å²) in [6, 6.07) is 10.5. The van der Waals surface area contributed by atoms with E-state index >= 15 is 0 Å². The van der Waals surface area contributed by atoms with E-state index in [-0.39, 0.29) is 0 Å². The minimum Gasteiger partial charge on any atom is -0.314 e. The van der Waals surface area contributed by atoms with Crippen LogP contribution in [0.2, 0.25) is 0 Å². The summed E-state index contributed by atoms with van der Waals surface area (Å²) in [5.74, 6) is 0. The van der Waals surface area contributed by atoms with Crippen LogP contribution in [0.3, 0.4) is 0 Å². The van der Waals surface area contributed by atoms with Crippen molar-refractivity contribution in [3.63, 3.8) is 0 Å². The normalized spacial score (nSPS) is 15.1. The van der Waals surface area contributed by atoms with Crippen LogP contribution in [0.5, 0.6) is 0 Å². The van der Waals surface area contributed by atoms with Gasteiger partial charge in [-0.2, -0.15) is 0 Å². The summed E-state index contributed by atoms with van der Waals surface area (Å²) in [5.41, 5.74) is 2.85. The summed E-state index contributed by atoms with van der Waals surface area (Å²) in [5, 5.41) is 7.02. The lowest BCUT2D eigenvalue weighted by Crippen LogP contribution is -2.21.